The Balaban J connectivity index is 1.87. The van der Waals surface area contributed by atoms with Crippen LogP contribution in [0.5, 0.6) is 0 Å². The summed E-state index contributed by atoms with van der Waals surface area (Å²) in [7, 11) is 0. The molecule has 18 heavy (non-hydrogen) atoms. The molecule has 0 aromatic heterocycles. The first-order valence-corrected chi connectivity index (χ1v) is 6.46. The van der Waals surface area contributed by atoms with E-state index in [-0.39, 0.29) is 11.8 Å². The van der Waals surface area contributed by atoms with Gasteiger partial charge in [-0.2, -0.15) is 4.99 Å². The Bertz CT molecular complexity index is 566. The average molecular weight is 258 g/mol. The van der Waals surface area contributed by atoms with E-state index in [0.717, 1.165) is 5.56 Å². The van der Waals surface area contributed by atoms with Crippen molar-refractivity contribution in [1.29, 1.82) is 0 Å². The topological polar surface area (TPSA) is 49.7 Å². The largest absolute Gasteiger partial charge is 0.273 e. The third-order valence-corrected chi connectivity index (χ3v) is 3.67. The van der Waals surface area contributed by atoms with Gasteiger partial charge < -0.3 is 0 Å². The minimum Gasteiger partial charge on any atom is -0.273 e. The number of thioether (sulfide) groups is 1. The zero-order valence-electron chi connectivity index (χ0n) is 9.45. The summed E-state index contributed by atoms with van der Waals surface area (Å²) < 4.78 is 0. The van der Waals surface area contributed by atoms with Crippen molar-refractivity contribution in [1.82, 2.24) is 4.90 Å². The summed E-state index contributed by atoms with van der Waals surface area (Å²) in [6.45, 7) is 0. The molecule has 0 fully saturated rings. The van der Waals surface area contributed by atoms with Crippen LogP contribution >= 0.6 is 11.8 Å². The van der Waals surface area contributed by atoms with Crippen LogP contribution in [0.2, 0.25) is 0 Å². The van der Waals surface area contributed by atoms with Gasteiger partial charge in [-0.1, -0.05) is 42.1 Å². The Morgan fingerprint density at radius 1 is 1.22 bits per heavy atom. The Kier molecular flexibility index (Phi) is 2.76. The van der Waals surface area contributed by atoms with Crippen LogP contribution < -0.4 is 0 Å². The highest BCUT2D eigenvalue weighted by atomic mass is 32.2. The van der Waals surface area contributed by atoms with Gasteiger partial charge >= 0.3 is 0 Å². The lowest BCUT2D eigenvalue weighted by atomic mass is 9.96. The van der Waals surface area contributed by atoms with Crippen molar-refractivity contribution in [2.75, 3.05) is 0 Å². The second kappa shape index (κ2) is 4.42. The van der Waals surface area contributed by atoms with Gasteiger partial charge in [-0.25, -0.2) is 0 Å². The van der Waals surface area contributed by atoms with E-state index in [4.69, 9.17) is 0 Å². The quantitative estimate of drug-likeness (QED) is 0.760. The fraction of sp³-hybridized carbons (Fsp3) is 0.154. The third-order valence-electron chi connectivity index (χ3n) is 2.91. The molecule has 3 rings (SSSR count). The van der Waals surface area contributed by atoms with Crippen molar-refractivity contribution in [3.8, 4) is 0 Å². The van der Waals surface area contributed by atoms with Crippen LogP contribution in [0.3, 0.4) is 0 Å². The summed E-state index contributed by atoms with van der Waals surface area (Å²) in [6, 6.07) is 9.52. The summed E-state index contributed by atoms with van der Waals surface area (Å²) in [6.07, 6.45) is 2.07. The molecule has 0 saturated carbocycles. The SMILES string of the molecule is O=C1N=C2SC=CN2C(=O)[C@@H]1Cc1ccccc1. The average Bonchev–Trinajstić information content (AvgIpc) is 2.84. The van der Waals surface area contributed by atoms with Crippen molar-refractivity contribution < 1.29 is 9.59 Å². The zero-order valence-corrected chi connectivity index (χ0v) is 10.3. The number of aliphatic imine (C=N–C) groups is 1. The van der Waals surface area contributed by atoms with Crippen LogP contribution in [0.25, 0.3) is 0 Å². The summed E-state index contributed by atoms with van der Waals surface area (Å²) in [5.41, 5.74) is 0.971. The number of fused-ring (bicyclic) bond motifs is 1. The van der Waals surface area contributed by atoms with E-state index >= 15 is 0 Å². The highest BCUT2D eigenvalue weighted by Gasteiger charge is 2.38. The first kappa shape index (κ1) is 11.2. The van der Waals surface area contributed by atoms with Crippen LogP contribution in [-0.2, 0) is 16.0 Å². The number of carbonyl (C=O) groups is 2. The number of amides is 2. The predicted molar refractivity (Wildman–Crippen MR) is 69.7 cm³/mol. The molecular formula is C13H10N2O2S. The zero-order chi connectivity index (χ0) is 12.5. The van der Waals surface area contributed by atoms with Crippen LogP contribution in [0.1, 0.15) is 5.56 Å². The summed E-state index contributed by atoms with van der Waals surface area (Å²) in [4.78, 5) is 29.5. The molecule has 0 radical (unpaired) electrons. The van der Waals surface area contributed by atoms with Gasteiger partial charge in [0.2, 0.25) is 5.91 Å². The molecule has 5 heteroatoms. The number of benzene rings is 1. The fourth-order valence-corrected chi connectivity index (χ4v) is 2.70. The fourth-order valence-electron chi connectivity index (χ4n) is 1.99. The van der Waals surface area contributed by atoms with Crippen LogP contribution in [0.15, 0.2) is 46.9 Å². The van der Waals surface area contributed by atoms with Gasteiger partial charge in [0.05, 0.1) is 0 Å². The van der Waals surface area contributed by atoms with Crippen LogP contribution in [0.4, 0.5) is 0 Å². The van der Waals surface area contributed by atoms with Crippen molar-refractivity contribution >= 4 is 28.7 Å². The molecule has 0 unspecified atom stereocenters. The monoisotopic (exact) mass is 258 g/mol. The number of hydrogen-bond donors (Lipinski definition) is 0. The minimum absolute atomic E-state index is 0.185. The number of amidine groups is 1. The van der Waals surface area contributed by atoms with E-state index in [0.29, 0.717) is 11.6 Å². The smallest absolute Gasteiger partial charge is 0.261 e. The van der Waals surface area contributed by atoms with E-state index in [1.807, 2.05) is 30.3 Å². The standard InChI is InChI=1S/C13H10N2O2S/c16-11-10(8-9-4-2-1-3-5-9)12(17)15-6-7-18-13(15)14-11/h1-7,10H,8H2/t10-/m1/s1. The van der Waals surface area contributed by atoms with Crippen LogP contribution in [-0.4, -0.2) is 21.9 Å². The molecule has 0 bridgehead atoms. The second-order valence-corrected chi connectivity index (χ2v) is 4.96. The van der Waals surface area contributed by atoms with E-state index in [1.165, 1.54) is 16.7 Å². The summed E-state index contributed by atoms with van der Waals surface area (Å²) in [5.74, 6) is -1.22. The van der Waals surface area contributed by atoms with Gasteiger partial charge in [0.1, 0.15) is 5.92 Å². The number of carbonyl (C=O) groups excluding carboxylic acids is 2. The Labute approximate surface area is 108 Å². The van der Waals surface area contributed by atoms with Crippen molar-refractivity contribution in [2.45, 2.75) is 6.42 Å². The lowest BCUT2D eigenvalue weighted by molar-refractivity contribution is -0.137. The van der Waals surface area contributed by atoms with Gasteiger partial charge in [-0.3, -0.25) is 14.5 Å². The predicted octanol–water partition coefficient (Wildman–Crippen LogP) is 1.79. The molecule has 90 valence electrons. The summed E-state index contributed by atoms with van der Waals surface area (Å²) in [5, 5.41) is 2.23. The lowest BCUT2D eigenvalue weighted by Crippen LogP contribution is -2.42. The van der Waals surface area contributed by atoms with Gasteiger partial charge in [-0.05, 0) is 17.4 Å². The van der Waals surface area contributed by atoms with E-state index in [2.05, 4.69) is 4.99 Å². The molecule has 1 aromatic rings. The number of nitrogens with zero attached hydrogens (tertiary/aromatic N) is 2. The molecule has 0 saturated heterocycles. The van der Waals surface area contributed by atoms with Crippen LogP contribution in [0, 0.1) is 5.92 Å². The van der Waals surface area contributed by atoms with Gasteiger partial charge in [0.25, 0.3) is 5.91 Å². The molecule has 1 aromatic carbocycles. The molecule has 2 aliphatic rings. The third kappa shape index (κ3) is 1.86. The number of rotatable bonds is 2. The maximum absolute atomic E-state index is 12.2. The minimum atomic E-state index is -0.695. The Hall–Kier alpha value is -1.88. The van der Waals surface area contributed by atoms with Crippen molar-refractivity contribution in [2.24, 2.45) is 10.9 Å². The van der Waals surface area contributed by atoms with E-state index in [1.54, 1.807) is 11.6 Å². The number of hydrogen-bond acceptors (Lipinski definition) is 3. The first-order chi connectivity index (χ1) is 8.75. The molecule has 0 aliphatic carbocycles. The van der Waals surface area contributed by atoms with Gasteiger partial charge in [0.15, 0.2) is 5.17 Å². The summed E-state index contributed by atoms with van der Waals surface area (Å²) >= 11 is 1.30. The van der Waals surface area contributed by atoms with E-state index in [9.17, 15) is 9.59 Å². The highest BCUT2D eigenvalue weighted by Crippen LogP contribution is 2.27. The first-order valence-electron chi connectivity index (χ1n) is 5.58. The second-order valence-electron chi connectivity index (χ2n) is 4.09. The normalized spacial score (nSPS) is 22.1. The highest BCUT2D eigenvalue weighted by molar-refractivity contribution is 8.16. The Morgan fingerprint density at radius 2 is 2.00 bits per heavy atom. The molecule has 4 nitrogen and oxygen atoms in total. The maximum atomic E-state index is 12.2. The Morgan fingerprint density at radius 3 is 2.78 bits per heavy atom. The lowest BCUT2D eigenvalue weighted by Gasteiger charge is -2.24. The molecule has 2 amide bonds. The molecule has 1 atom stereocenters. The van der Waals surface area contributed by atoms with Gasteiger partial charge in [-0.15, -0.1) is 0 Å². The van der Waals surface area contributed by atoms with Crippen molar-refractivity contribution in [3.05, 3.63) is 47.5 Å². The molecular weight excluding hydrogens is 248 g/mol. The van der Waals surface area contributed by atoms with Gasteiger partial charge in [0, 0.05) is 6.20 Å². The molecule has 0 N–H and O–H groups in total. The maximum Gasteiger partial charge on any atom is 0.261 e. The molecule has 2 heterocycles. The van der Waals surface area contributed by atoms with E-state index < -0.39 is 5.92 Å². The molecule has 0 spiro atoms. The van der Waals surface area contributed by atoms with Crippen molar-refractivity contribution in [3.63, 3.8) is 0 Å². The molecule has 2 aliphatic heterocycles.